The molecule has 0 fully saturated rings. The van der Waals surface area contributed by atoms with Crippen LogP contribution < -0.4 is 5.32 Å². The molecule has 0 radical (unpaired) electrons. The highest BCUT2D eigenvalue weighted by atomic mass is 16.1. The molecule has 0 heterocycles. The van der Waals surface area contributed by atoms with Gasteiger partial charge in [0.2, 0.25) is 0 Å². The van der Waals surface area contributed by atoms with E-state index < -0.39 is 0 Å². The molecule has 2 heteroatoms. The zero-order chi connectivity index (χ0) is 8.97. The quantitative estimate of drug-likeness (QED) is 0.695. The number of hydrogen-bond acceptors (Lipinski definition) is 2. The van der Waals surface area contributed by atoms with Gasteiger partial charge in [0, 0.05) is 24.7 Å². The molecule has 1 aliphatic carbocycles. The number of carbonyl (C=O) groups excluding carboxylic acids is 1. The summed E-state index contributed by atoms with van der Waals surface area (Å²) < 4.78 is 0. The molecule has 0 amide bonds. The summed E-state index contributed by atoms with van der Waals surface area (Å²) in [5.74, 6) is 0.912. The predicted octanol–water partition coefficient (Wildman–Crippen LogP) is 1.87. The molecule has 1 rings (SSSR count). The van der Waals surface area contributed by atoms with Crippen molar-refractivity contribution in [1.29, 1.82) is 0 Å². The molecule has 1 N–H and O–H groups in total. The summed E-state index contributed by atoms with van der Waals surface area (Å²) in [4.78, 5) is 11.0. The first-order valence-electron chi connectivity index (χ1n) is 4.66. The molecule has 0 atom stereocenters. The van der Waals surface area contributed by atoms with Gasteiger partial charge >= 0.3 is 0 Å². The van der Waals surface area contributed by atoms with Gasteiger partial charge in [0.25, 0.3) is 0 Å². The summed E-state index contributed by atoms with van der Waals surface area (Å²) in [6, 6.07) is 0. The Morgan fingerprint density at radius 1 is 1.50 bits per heavy atom. The van der Waals surface area contributed by atoms with Crippen LogP contribution in [0.4, 0.5) is 0 Å². The van der Waals surface area contributed by atoms with Crippen molar-refractivity contribution in [2.45, 2.75) is 33.1 Å². The van der Waals surface area contributed by atoms with E-state index in [1.165, 1.54) is 0 Å². The molecule has 0 unspecified atom stereocenters. The minimum absolute atomic E-state index is 0.271. The van der Waals surface area contributed by atoms with Crippen LogP contribution >= 0.6 is 0 Å². The maximum absolute atomic E-state index is 11.0. The second kappa shape index (κ2) is 4.29. The van der Waals surface area contributed by atoms with E-state index in [0.29, 0.717) is 5.92 Å². The van der Waals surface area contributed by atoms with Crippen LogP contribution in [-0.4, -0.2) is 12.3 Å². The van der Waals surface area contributed by atoms with Gasteiger partial charge in [0.15, 0.2) is 5.78 Å². The molecule has 1 aliphatic rings. The Morgan fingerprint density at radius 2 is 2.25 bits per heavy atom. The Kier molecular flexibility index (Phi) is 3.32. The van der Waals surface area contributed by atoms with E-state index in [4.69, 9.17) is 0 Å². The summed E-state index contributed by atoms with van der Waals surface area (Å²) in [6.45, 7) is 5.30. The summed E-state index contributed by atoms with van der Waals surface area (Å²) in [5, 5.41) is 3.29. The van der Waals surface area contributed by atoms with Crippen molar-refractivity contribution < 1.29 is 4.79 Å². The second-order valence-electron chi connectivity index (χ2n) is 3.76. The molecule has 0 aromatic rings. The van der Waals surface area contributed by atoms with Crippen LogP contribution in [-0.2, 0) is 4.79 Å². The minimum atomic E-state index is 0.271. The predicted molar refractivity (Wildman–Crippen MR) is 49.8 cm³/mol. The number of ketones is 1. The third-order valence-electron chi connectivity index (χ3n) is 1.94. The number of allylic oxidation sites excluding steroid dienone is 2. The summed E-state index contributed by atoms with van der Waals surface area (Å²) in [7, 11) is 0. The molecule has 0 aromatic carbocycles. The molecule has 0 bridgehead atoms. The van der Waals surface area contributed by atoms with E-state index in [1.54, 1.807) is 6.08 Å². The number of nitrogens with one attached hydrogen (secondary N) is 1. The Balaban J connectivity index is 2.36. The average molecular weight is 167 g/mol. The molecule has 0 aromatic heterocycles. The normalized spacial score (nSPS) is 17.9. The van der Waals surface area contributed by atoms with E-state index >= 15 is 0 Å². The van der Waals surface area contributed by atoms with Crippen LogP contribution in [0.5, 0.6) is 0 Å². The highest BCUT2D eigenvalue weighted by Crippen LogP contribution is 2.12. The fourth-order valence-electron chi connectivity index (χ4n) is 1.27. The highest BCUT2D eigenvalue weighted by molar-refractivity contribution is 5.90. The summed E-state index contributed by atoms with van der Waals surface area (Å²) in [5.41, 5.74) is 1.12. The van der Waals surface area contributed by atoms with Gasteiger partial charge in [-0.05, 0) is 18.8 Å². The van der Waals surface area contributed by atoms with E-state index in [9.17, 15) is 4.79 Å². The summed E-state index contributed by atoms with van der Waals surface area (Å²) in [6.07, 6.45) is 4.53. The van der Waals surface area contributed by atoms with Gasteiger partial charge in [-0.3, -0.25) is 4.79 Å². The van der Waals surface area contributed by atoms with Crippen molar-refractivity contribution in [3.63, 3.8) is 0 Å². The van der Waals surface area contributed by atoms with E-state index in [2.05, 4.69) is 19.2 Å². The van der Waals surface area contributed by atoms with Gasteiger partial charge in [-0.25, -0.2) is 0 Å². The molecule has 0 saturated carbocycles. The van der Waals surface area contributed by atoms with E-state index in [0.717, 1.165) is 31.5 Å². The van der Waals surface area contributed by atoms with Crippen molar-refractivity contribution in [2.75, 3.05) is 6.54 Å². The average Bonchev–Trinajstić information content (AvgIpc) is 2.01. The SMILES string of the molecule is CC(C)CNC1=CC(=O)CCC1. The van der Waals surface area contributed by atoms with Crippen molar-refractivity contribution in [3.05, 3.63) is 11.8 Å². The van der Waals surface area contributed by atoms with Crippen LogP contribution in [0.1, 0.15) is 33.1 Å². The lowest BCUT2D eigenvalue weighted by Gasteiger charge is -2.15. The Labute approximate surface area is 74.0 Å². The first-order valence-corrected chi connectivity index (χ1v) is 4.66. The van der Waals surface area contributed by atoms with Gasteiger partial charge in [0.1, 0.15) is 0 Å². The zero-order valence-corrected chi connectivity index (χ0v) is 7.89. The standard InChI is InChI=1S/C10H17NO/c1-8(2)7-11-9-4-3-5-10(12)6-9/h6,8,11H,3-5,7H2,1-2H3. The van der Waals surface area contributed by atoms with Crippen LogP contribution in [0.3, 0.4) is 0 Å². The number of hydrogen-bond donors (Lipinski definition) is 1. The highest BCUT2D eigenvalue weighted by Gasteiger charge is 2.08. The van der Waals surface area contributed by atoms with Crippen molar-refractivity contribution in [2.24, 2.45) is 5.92 Å². The van der Waals surface area contributed by atoms with Crippen molar-refractivity contribution >= 4 is 5.78 Å². The van der Waals surface area contributed by atoms with Crippen LogP contribution in [0.15, 0.2) is 11.8 Å². The first kappa shape index (κ1) is 9.30. The molecule has 0 saturated heterocycles. The van der Waals surface area contributed by atoms with Crippen LogP contribution in [0, 0.1) is 5.92 Å². The Bertz CT molecular complexity index is 194. The fourth-order valence-corrected chi connectivity index (χ4v) is 1.27. The molecule has 0 aliphatic heterocycles. The van der Waals surface area contributed by atoms with Crippen LogP contribution in [0.25, 0.3) is 0 Å². The molecular weight excluding hydrogens is 150 g/mol. The smallest absolute Gasteiger partial charge is 0.157 e. The van der Waals surface area contributed by atoms with Gasteiger partial charge in [-0.2, -0.15) is 0 Å². The van der Waals surface area contributed by atoms with Gasteiger partial charge in [-0.15, -0.1) is 0 Å². The minimum Gasteiger partial charge on any atom is -0.388 e. The van der Waals surface area contributed by atoms with Crippen molar-refractivity contribution in [1.82, 2.24) is 5.32 Å². The largest absolute Gasteiger partial charge is 0.388 e. The van der Waals surface area contributed by atoms with Crippen LogP contribution in [0.2, 0.25) is 0 Å². The first-order chi connectivity index (χ1) is 5.68. The topological polar surface area (TPSA) is 29.1 Å². The number of rotatable bonds is 3. The number of carbonyl (C=O) groups is 1. The second-order valence-corrected chi connectivity index (χ2v) is 3.76. The van der Waals surface area contributed by atoms with Gasteiger partial charge < -0.3 is 5.32 Å². The maximum atomic E-state index is 11.0. The van der Waals surface area contributed by atoms with Gasteiger partial charge in [0.05, 0.1) is 0 Å². The van der Waals surface area contributed by atoms with Crippen molar-refractivity contribution in [3.8, 4) is 0 Å². The third kappa shape index (κ3) is 3.07. The molecule has 0 spiro atoms. The van der Waals surface area contributed by atoms with E-state index in [1.807, 2.05) is 0 Å². The molecule has 2 nitrogen and oxygen atoms in total. The molecular formula is C10H17NO. The fraction of sp³-hybridized carbons (Fsp3) is 0.700. The van der Waals surface area contributed by atoms with Gasteiger partial charge in [-0.1, -0.05) is 13.8 Å². The lowest BCUT2D eigenvalue weighted by atomic mass is 10.0. The lowest BCUT2D eigenvalue weighted by molar-refractivity contribution is -0.115. The Hall–Kier alpha value is -0.790. The lowest BCUT2D eigenvalue weighted by Crippen LogP contribution is -2.21. The maximum Gasteiger partial charge on any atom is 0.157 e. The monoisotopic (exact) mass is 167 g/mol. The zero-order valence-electron chi connectivity index (χ0n) is 7.89. The third-order valence-corrected chi connectivity index (χ3v) is 1.94. The Morgan fingerprint density at radius 3 is 2.83 bits per heavy atom. The van der Waals surface area contributed by atoms with E-state index in [-0.39, 0.29) is 5.78 Å². The summed E-state index contributed by atoms with van der Waals surface area (Å²) >= 11 is 0. The molecule has 12 heavy (non-hydrogen) atoms. The molecule has 68 valence electrons.